The van der Waals surface area contributed by atoms with Gasteiger partial charge >= 0.3 is 6.09 Å². The average molecular weight is 737 g/mol. The molecule has 282 valence electrons. The number of hydrogen-bond donors (Lipinski definition) is 3. The van der Waals surface area contributed by atoms with Crippen LogP contribution >= 0.6 is 11.3 Å². The van der Waals surface area contributed by atoms with Crippen molar-refractivity contribution in [3.05, 3.63) is 70.0 Å². The number of aromatic nitrogens is 1. The first kappa shape index (κ1) is 39.0. The number of likely N-dealkylation sites (N-methyl/N-ethyl adjacent to an activating group) is 1. The largest absolute Gasteiger partial charge is 0.454 e. The third-order valence-electron chi connectivity index (χ3n) is 9.13. The smallest absolute Gasteiger partial charge is 0.417 e. The predicted octanol–water partition coefficient (Wildman–Crippen LogP) is 3.82. The van der Waals surface area contributed by atoms with Gasteiger partial charge in [0.05, 0.1) is 22.5 Å². The summed E-state index contributed by atoms with van der Waals surface area (Å²) >= 11 is 1.36. The van der Waals surface area contributed by atoms with Gasteiger partial charge in [-0.2, -0.15) is 0 Å². The third kappa shape index (κ3) is 10.4. The van der Waals surface area contributed by atoms with Crippen LogP contribution in [0.5, 0.6) is 17.4 Å². The van der Waals surface area contributed by atoms with Gasteiger partial charge in [-0.1, -0.05) is 50.2 Å². The third-order valence-corrected chi connectivity index (χ3v) is 9.88. The Labute approximate surface area is 310 Å². The van der Waals surface area contributed by atoms with Crippen LogP contribution in [-0.4, -0.2) is 112 Å². The van der Waals surface area contributed by atoms with E-state index in [1.54, 1.807) is 5.38 Å². The van der Waals surface area contributed by atoms with Gasteiger partial charge in [0.15, 0.2) is 11.5 Å². The molecule has 1 saturated heterocycles. The van der Waals surface area contributed by atoms with Crippen LogP contribution < -0.4 is 24.8 Å². The highest BCUT2D eigenvalue weighted by Crippen LogP contribution is 2.33. The van der Waals surface area contributed by atoms with Crippen LogP contribution in [0.15, 0.2) is 53.9 Å². The number of nitrogens with one attached hydrogen (secondary N) is 2. The van der Waals surface area contributed by atoms with Crippen molar-refractivity contribution in [2.45, 2.75) is 84.3 Å². The minimum absolute atomic E-state index is 0.131. The summed E-state index contributed by atoms with van der Waals surface area (Å²) in [4.78, 5) is 50.6. The highest BCUT2D eigenvalue weighted by atomic mass is 32.1. The highest BCUT2D eigenvalue weighted by Gasteiger charge is 2.38. The topological polar surface area (TPSA) is 146 Å². The lowest BCUT2D eigenvalue weighted by Gasteiger charge is -2.43. The monoisotopic (exact) mass is 736 g/mol. The number of aliphatic hydroxyl groups is 1. The molecular weight excluding hydrogens is 685 g/mol. The first-order valence-corrected chi connectivity index (χ1v) is 18.6. The number of carbonyl (C=O) groups excluding carboxylic acids is 3. The van der Waals surface area contributed by atoms with Crippen LogP contribution in [0.1, 0.15) is 50.8 Å². The van der Waals surface area contributed by atoms with Gasteiger partial charge in [-0.05, 0) is 63.3 Å². The van der Waals surface area contributed by atoms with Crippen molar-refractivity contribution < 1.29 is 33.7 Å². The summed E-state index contributed by atoms with van der Waals surface area (Å²) in [7, 11) is 1.52. The summed E-state index contributed by atoms with van der Waals surface area (Å²) in [5.74, 6) is 0.797. The molecule has 5 rings (SSSR count). The molecule has 2 aliphatic heterocycles. The molecule has 0 aliphatic carbocycles. The van der Waals surface area contributed by atoms with E-state index in [0.717, 1.165) is 21.9 Å². The fourth-order valence-corrected chi connectivity index (χ4v) is 7.13. The number of hydrogen-bond acceptors (Lipinski definition) is 11. The quantitative estimate of drug-likeness (QED) is 0.237. The van der Waals surface area contributed by atoms with Crippen LogP contribution in [-0.2, 0) is 22.6 Å². The first-order chi connectivity index (χ1) is 24.7. The summed E-state index contributed by atoms with van der Waals surface area (Å²) in [5, 5.41) is 20.5. The van der Waals surface area contributed by atoms with Gasteiger partial charge in [0.25, 0.3) is 0 Å². The number of benzene rings is 2. The van der Waals surface area contributed by atoms with E-state index >= 15 is 0 Å². The van der Waals surface area contributed by atoms with Crippen LogP contribution in [0.3, 0.4) is 0 Å². The number of aryl methyl sites for hydroxylation is 1. The van der Waals surface area contributed by atoms with Gasteiger partial charge in [-0.3, -0.25) is 24.3 Å². The fraction of sp³-hybridized carbons (Fsp3) is 0.526. The highest BCUT2D eigenvalue weighted by molar-refractivity contribution is 7.09. The number of piperazine rings is 1. The number of carbonyl (C=O) groups is 3. The van der Waals surface area contributed by atoms with Gasteiger partial charge in [-0.25, -0.2) is 9.78 Å². The molecule has 4 atom stereocenters. The van der Waals surface area contributed by atoms with Crippen LogP contribution in [0.4, 0.5) is 4.79 Å². The lowest BCUT2D eigenvalue weighted by molar-refractivity contribution is -0.132. The van der Waals surface area contributed by atoms with Crippen LogP contribution in [0.2, 0.25) is 0 Å². The molecule has 1 aromatic heterocycles. The van der Waals surface area contributed by atoms with E-state index in [0.29, 0.717) is 38.3 Å². The van der Waals surface area contributed by atoms with E-state index in [2.05, 4.69) is 20.5 Å². The van der Waals surface area contributed by atoms with Gasteiger partial charge in [0, 0.05) is 45.3 Å². The maximum Gasteiger partial charge on any atom is 0.417 e. The Balaban J connectivity index is 1.32. The second-order valence-corrected chi connectivity index (χ2v) is 16.0. The average Bonchev–Trinajstić information content (AvgIpc) is 3.72. The van der Waals surface area contributed by atoms with Crippen molar-refractivity contribution in [3.8, 4) is 17.4 Å². The number of β-amino-alcohol motifs (C(OH)–C–C–N with tert-alkyl or cyclic N) is 1. The minimum atomic E-state index is -1.04. The summed E-state index contributed by atoms with van der Waals surface area (Å²) in [6.07, 6.45) is -1.41. The van der Waals surface area contributed by atoms with Crippen molar-refractivity contribution in [2.24, 2.45) is 5.92 Å². The SMILES string of the molecule is Cc1nc(OC(=O)N(C)[C@H](C(=O)N[C@@H](Cc2ccccc2)[C@H](O)CN2CCN(Cc3ccc4c(c3)OCO4)C[C@H]2C(=O)NC(C)(C)C)C(C)C)cs1. The number of rotatable bonds is 13. The molecule has 1 fully saturated rings. The molecule has 2 aliphatic rings. The lowest BCUT2D eigenvalue weighted by Crippen LogP contribution is -2.63. The summed E-state index contributed by atoms with van der Waals surface area (Å²) < 4.78 is 16.5. The molecule has 3 N–H and O–H groups in total. The van der Waals surface area contributed by atoms with Gasteiger partial charge < -0.3 is 30.0 Å². The predicted molar refractivity (Wildman–Crippen MR) is 198 cm³/mol. The summed E-state index contributed by atoms with van der Waals surface area (Å²) in [6.45, 7) is 13.9. The minimum Gasteiger partial charge on any atom is -0.454 e. The van der Waals surface area contributed by atoms with Crippen molar-refractivity contribution >= 4 is 29.2 Å². The molecule has 3 heterocycles. The normalized spacial score (nSPS) is 18.1. The summed E-state index contributed by atoms with van der Waals surface area (Å²) in [6, 6.07) is 13.3. The number of ether oxygens (including phenoxy) is 3. The Morgan fingerprint density at radius 2 is 1.81 bits per heavy atom. The molecular formula is C38H52N6O7S. The zero-order valence-electron chi connectivity index (χ0n) is 31.1. The molecule has 3 amide bonds. The zero-order chi connectivity index (χ0) is 37.6. The molecule has 52 heavy (non-hydrogen) atoms. The molecule has 13 nitrogen and oxygen atoms in total. The molecule has 0 saturated carbocycles. The molecule has 2 aromatic carbocycles. The van der Waals surface area contributed by atoms with E-state index in [1.807, 2.05) is 95.0 Å². The van der Waals surface area contributed by atoms with Crippen LogP contribution in [0, 0.1) is 12.8 Å². The zero-order valence-corrected chi connectivity index (χ0v) is 31.9. The van der Waals surface area contributed by atoms with E-state index < -0.39 is 41.8 Å². The van der Waals surface area contributed by atoms with E-state index in [9.17, 15) is 19.5 Å². The Hall–Kier alpha value is -4.24. The summed E-state index contributed by atoms with van der Waals surface area (Å²) in [5.41, 5.74) is 1.52. The number of nitrogens with zero attached hydrogens (tertiary/aromatic N) is 4. The maximum absolute atomic E-state index is 14.0. The van der Waals surface area contributed by atoms with Gasteiger partial charge in [0.1, 0.15) is 12.1 Å². The number of aliphatic hydroxyl groups excluding tert-OH is 1. The van der Waals surface area contributed by atoms with E-state index in [-0.39, 0.29) is 31.0 Å². The van der Waals surface area contributed by atoms with Crippen molar-refractivity contribution in [2.75, 3.05) is 40.0 Å². The van der Waals surface area contributed by atoms with Gasteiger partial charge in [-0.15, -0.1) is 11.3 Å². The Morgan fingerprint density at radius 1 is 1.08 bits per heavy atom. The standard InChI is InChI=1S/C38H52N6O7S/c1-24(2)34(42(7)37(48)51-33-22-52-25(3)39-33)36(47)40-28(17-26-11-9-8-10-12-26)30(45)21-44-16-15-43(20-29(44)35(46)41-38(4,5)6)19-27-13-14-31-32(18-27)50-23-49-31/h8-14,18,22,24,28-30,34,45H,15-17,19-21,23H2,1-7H3,(H,40,47)(H,41,46)/t28-,29-,30+,34-/m0/s1. The van der Waals surface area contributed by atoms with Crippen LogP contribution in [0.25, 0.3) is 0 Å². The molecule has 0 spiro atoms. The molecule has 0 bridgehead atoms. The molecule has 0 radical (unpaired) electrons. The van der Waals surface area contributed by atoms with Crippen molar-refractivity contribution in [1.82, 2.24) is 30.3 Å². The van der Waals surface area contributed by atoms with E-state index in [1.165, 1.54) is 23.3 Å². The second-order valence-electron chi connectivity index (χ2n) is 14.9. The number of amides is 3. The Morgan fingerprint density at radius 3 is 2.48 bits per heavy atom. The van der Waals surface area contributed by atoms with Crippen molar-refractivity contribution in [3.63, 3.8) is 0 Å². The van der Waals surface area contributed by atoms with Gasteiger partial charge in [0.2, 0.25) is 24.5 Å². The van der Waals surface area contributed by atoms with E-state index in [4.69, 9.17) is 14.2 Å². The Bertz CT molecular complexity index is 1680. The second kappa shape index (κ2) is 17.1. The molecule has 14 heteroatoms. The lowest BCUT2D eigenvalue weighted by atomic mass is 9.97. The number of fused-ring (bicyclic) bond motifs is 1. The molecule has 3 aromatic rings. The van der Waals surface area contributed by atoms with Crippen molar-refractivity contribution in [1.29, 1.82) is 0 Å². The molecule has 0 unspecified atom stereocenters. The maximum atomic E-state index is 14.0. The fourth-order valence-electron chi connectivity index (χ4n) is 6.62. The Kier molecular flexibility index (Phi) is 12.8. The number of thiazole rings is 1. The first-order valence-electron chi connectivity index (χ1n) is 17.7.